The number of aliphatic hydroxyl groups is 1. The van der Waals surface area contributed by atoms with Gasteiger partial charge in [0.1, 0.15) is 23.8 Å². The van der Waals surface area contributed by atoms with Crippen molar-refractivity contribution in [2.75, 3.05) is 6.61 Å². The maximum absolute atomic E-state index is 12.8. The second-order valence-corrected chi connectivity index (χ2v) is 12.9. The van der Waals surface area contributed by atoms with E-state index in [1.54, 1.807) is 6.92 Å². The molecule has 5 atom stereocenters. The lowest BCUT2D eigenvalue weighted by atomic mass is 9.80. The standard InChI is InChI=1S/C31H44N2O6S/c1-6-7-8-9-20-13-24(35)28(22-12-18(4)10-11-23(22)32-17(2)3)25(14-20)39-16-26-29(31(37)38)33-27(36)15-21(19(5)34)30(33)40-26/h12-14,17,19,21-23,30,32,34-35H,6-11,15-16H2,1-5H3,(H,37,38)/t19-,21-,22-,23-,30?/m1/s1. The van der Waals surface area contributed by atoms with Gasteiger partial charge in [-0.15, -0.1) is 0 Å². The number of thioether (sulfide) groups is 1. The van der Waals surface area contributed by atoms with Crippen LogP contribution in [0.3, 0.4) is 0 Å². The van der Waals surface area contributed by atoms with Gasteiger partial charge in [0.2, 0.25) is 5.91 Å². The predicted octanol–water partition coefficient (Wildman–Crippen LogP) is 5.29. The van der Waals surface area contributed by atoms with Crippen LogP contribution in [-0.4, -0.2) is 62.3 Å². The normalized spacial score (nSPS) is 25.4. The smallest absolute Gasteiger partial charge is 0.353 e. The highest BCUT2D eigenvalue weighted by Gasteiger charge is 2.51. The van der Waals surface area contributed by atoms with E-state index >= 15 is 0 Å². The van der Waals surface area contributed by atoms with E-state index in [0.717, 1.165) is 44.1 Å². The van der Waals surface area contributed by atoms with E-state index in [1.165, 1.54) is 22.2 Å². The molecule has 0 aromatic heterocycles. The van der Waals surface area contributed by atoms with Gasteiger partial charge in [-0.25, -0.2) is 4.79 Å². The monoisotopic (exact) mass is 572 g/mol. The maximum Gasteiger partial charge on any atom is 0.353 e. The summed E-state index contributed by atoms with van der Waals surface area (Å²) in [6.45, 7) is 10.1. The first-order valence-corrected chi connectivity index (χ1v) is 15.4. The summed E-state index contributed by atoms with van der Waals surface area (Å²) in [5.74, 6) is -1.21. The highest BCUT2D eigenvalue weighted by molar-refractivity contribution is 8.04. The zero-order valence-corrected chi connectivity index (χ0v) is 25.1. The molecule has 1 aromatic rings. The third-order valence-electron chi connectivity index (χ3n) is 8.13. The number of hydrogen-bond donors (Lipinski definition) is 4. The first-order valence-electron chi connectivity index (χ1n) is 14.6. The zero-order valence-electron chi connectivity index (χ0n) is 24.3. The molecule has 3 aliphatic rings. The van der Waals surface area contributed by atoms with Gasteiger partial charge >= 0.3 is 5.97 Å². The van der Waals surface area contributed by atoms with Crippen LogP contribution in [0.1, 0.15) is 90.2 Å². The van der Waals surface area contributed by atoms with Crippen LogP contribution in [0, 0.1) is 5.92 Å². The van der Waals surface area contributed by atoms with Gasteiger partial charge in [0.25, 0.3) is 0 Å². The summed E-state index contributed by atoms with van der Waals surface area (Å²) in [5.41, 5.74) is 2.87. The number of aryl methyl sites for hydroxylation is 1. The van der Waals surface area contributed by atoms with E-state index in [9.17, 15) is 24.9 Å². The number of amides is 1. The van der Waals surface area contributed by atoms with E-state index in [0.29, 0.717) is 16.2 Å². The molecule has 0 radical (unpaired) electrons. The van der Waals surface area contributed by atoms with E-state index in [2.05, 4.69) is 39.1 Å². The fraction of sp³-hybridized carbons (Fsp3) is 0.613. The molecule has 1 fully saturated rings. The Labute approximate surface area is 241 Å². The fourth-order valence-electron chi connectivity index (χ4n) is 6.15. The Balaban J connectivity index is 1.70. The summed E-state index contributed by atoms with van der Waals surface area (Å²) in [6, 6.07) is 4.22. The SMILES string of the molecule is CCCCCc1cc(O)c([C@@H]2C=C(C)CC[C@H]2NC(C)C)c(OCC2=C(C(=O)O)N3C(=O)C[C@H]([C@@H](C)O)C3S2)c1. The average molecular weight is 573 g/mol. The minimum Gasteiger partial charge on any atom is -0.507 e. The molecule has 9 heteroatoms. The first kappa shape index (κ1) is 30.5. The second-order valence-electron chi connectivity index (χ2n) is 11.7. The summed E-state index contributed by atoms with van der Waals surface area (Å²) < 4.78 is 6.41. The molecule has 0 saturated carbocycles. The number of phenolic OH excluding ortho intramolecular Hbond substituents is 1. The Morgan fingerprint density at radius 1 is 1.25 bits per heavy atom. The molecule has 0 bridgehead atoms. The van der Waals surface area contributed by atoms with E-state index < -0.39 is 17.4 Å². The third kappa shape index (κ3) is 6.52. The molecule has 4 N–H and O–H groups in total. The Morgan fingerprint density at radius 2 is 2.00 bits per heavy atom. The lowest BCUT2D eigenvalue weighted by Crippen LogP contribution is -2.40. The number of ether oxygens (including phenoxy) is 1. The van der Waals surface area contributed by atoms with E-state index in [4.69, 9.17) is 4.74 Å². The summed E-state index contributed by atoms with van der Waals surface area (Å²) in [5, 5.41) is 34.9. The lowest BCUT2D eigenvalue weighted by molar-refractivity contribution is -0.138. The third-order valence-corrected chi connectivity index (χ3v) is 9.52. The maximum atomic E-state index is 12.8. The average Bonchev–Trinajstić information content (AvgIpc) is 3.41. The fourth-order valence-corrected chi connectivity index (χ4v) is 7.70. The largest absolute Gasteiger partial charge is 0.507 e. The molecule has 40 heavy (non-hydrogen) atoms. The number of unbranched alkanes of at least 4 members (excludes halogenated alkanes) is 2. The molecule has 4 rings (SSSR count). The topological polar surface area (TPSA) is 119 Å². The Bertz CT molecular complexity index is 1180. The molecule has 2 aliphatic heterocycles. The van der Waals surface area contributed by atoms with Crippen LogP contribution in [0.2, 0.25) is 0 Å². The van der Waals surface area contributed by atoms with Crippen molar-refractivity contribution in [1.29, 1.82) is 0 Å². The molecule has 1 saturated heterocycles. The van der Waals surface area contributed by atoms with Crippen LogP contribution in [0.4, 0.5) is 0 Å². The number of nitrogens with one attached hydrogen (secondary N) is 1. The minimum absolute atomic E-state index is 0.0400. The Hall–Kier alpha value is -2.49. The van der Waals surface area contributed by atoms with Gasteiger partial charge in [0.05, 0.1) is 16.4 Å². The van der Waals surface area contributed by atoms with Crippen LogP contribution in [0.5, 0.6) is 11.5 Å². The number of hydrogen-bond acceptors (Lipinski definition) is 7. The first-order chi connectivity index (χ1) is 19.0. The lowest BCUT2D eigenvalue weighted by Gasteiger charge is -2.34. The van der Waals surface area contributed by atoms with Gasteiger partial charge in [-0.05, 0) is 57.2 Å². The van der Waals surface area contributed by atoms with E-state index in [1.807, 2.05) is 12.1 Å². The second kappa shape index (κ2) is 13.0. The van der Waals surface area contributed by atoms with Crippen molar-refractivity contribution < 1.29 is 29.6 Å². The molecule has 8 nitrogen and oxygen atoms in total. The van der Waals surface area contributed by atoms with Crippen molar-refractivity contribution in [1.82, 2.24) is 10.2 Å². The van der Waals surface area contributed by atoms with Gasteiger partial charge in [-0.1, -0.05) is 57.0 Å². The minimum atomic E-state index is -1.18. The van der Waals surface area contributed by atoms with Gasteiger partial charge in [-0.2, -0.15) is 0 Å². The van der Waals surface area contributed by atoms with Gasteiger partial charge in [0.15, 0.2) is 0 Å². The molecular weight excluding hydrogens is 528 g/mol. The summed E-state index contributed by atoms with van der Waals surface area (Å²) in [7, 11) is 0. The molecule has 1 unspecified atom stereocenters. The molecule has 2 heterocycles. The van der Waals surface area contributed by atoms with Crippen molar-refractivity contribution in [3.63, 3.8) is 0 Å². The molecule has 220 valence electrons. The van der Waals surface area contributed by atoms with Crippen molar-refractivity contribution in [2.24, 2.45) is 5.92 Å². The molecular formula is C31H44N2O6S. The molecule has 1 aliphatic carbocycles. The summed E-state index contributed by atoms with van der Waals surface area (Å²) >= 11 is 1.29. The molecule has 1 amide bonds. The summed E-state index contributed by atoms with van der Waals surface area (Å²) in [4.78, 5) is 26.8. The number of nitrogens with zero attached hydrogens (tertiary/aromatic N) is 1. The van der Waals surface area contributed by atoms with Crippen LogP contribution in [0.25, 0.3) is 0 Å². The van der Waals surface area contributed by atoms with Gasteiger partial charge in [0, 0.05) is 35.9 Å². The van der Waals surface area contributed by atoms with E-state index in [-0.39, 0.29) is 54.3 Å². The number of carbonyl (C=O) groups is 2. The number of carbonyl (C=O) groups excluding carboxylic acids is 1. The number of rotatable bonds is 12. The number of allylic oxidation sites excluding steroid dienone is 1. The van der Waals surface area contributed by atoms with Crippen LogP contribution in [-0.2, 0) is 16.0 Å². The van der Waals surface area contributed by atoms with Crippen molar-refractivity contribution in [3.05, 3.63) is 45.5 Å². The van der Waals surface area contributed by atoms with Gasteiger partial charge in [-0.3, -0.25) is 9.69 Å². The van der Waals surface area contributed by atoms with Crippen LogP contribution < -0.4 is 10.1 Å². The molecule has 1 aromatic carbocycles. The number of aliphatic carboxylic acids is 1. The highest BCUT2D eigenvalue weighted by atomic mass is 32.2. The van der Waals surface area contributed by atoms with Crippen molar-refractivity contribution in [3.8, 4) is 11.5 Å². The number of phenols is 1. The van der Waals surface area contributed by atoms with Crippen LogP contribution in [0.15, 0.2) is 34.4 Å². The number of carboxylic acid groups (broad SMARTS) is 1. The number of benzene rings is 1. The summed E-state index contributed by atoms with van der Waals surface area (Å²) in [6.07, 6.45) is 7.49. The number of carboxylic acids is 1. The quantitative estimate of drug-likeness (QED) is 0.197. The number of fused-ring (bicyclic) bond motifs is 1. The van der Waals surface area contributed by atoms with Crippen LogP contribution >= 0.6 is 11.8 Å². The zero-order chi connectivity index (χ0) is 29.1. The molecule has 0 spiro atoms. The Kier molecular flexibility index (Phi) is 9.90. The highest BCUT2D eigenvalue weighted by Crippen LogP contribution is 2.49. The number of aromatic hydroxyl groups is 1. The Morgan fingerprint density at radius 3 is 2.65 bits per heavy atom. The van der Waals surface area contributed by atoms with Crippen molar-refractivity contribution in [2.45, 2.75) is 109 Å². The van der Waals surface area contributed by atoms with Crippen molar-refractivity contribution >= 4 is 23.6 Å². The predicted molar refractivity (Wildman–Crippen MR) is 157 cm³/mol. The van der Waals surface area contributed by atoms with Gasteiger partial charge < -0.3 is 25.4 Å². The number of aliphatic hydroxyl groups excluding tert-OH is 1.